The Hall–Kier alpha value is -2.69. The van der Waals surface area contributed by atoms with Crippen molar-refractivity contribution in [1.82, 2.24) is 24.6 Å². The van der Waals surface area contributed by atoms with Gasteiger partial charge in [0.1, 0.15) is 6.33 Å². The molecule has 10 heteroatoms. The monoisotopic (exact) mass is 486 g/mol. The Bertz CT molecular complexity index is 1200. The van der Waals surface area contributed by atoms with Gasteiger partial charge in [0, 0.05) is 49.3 Å². The highest BCUT2D eigenvalue weighted by Crippen LogP contribution is 2.25. The van der Waals surface area contributed by atoms with E-state index in [0.717, 1.165) is 67.8 Å². The standard InChI is InChI=1S/C24H34N6O3S/c1-18(2)28-34(31,32)16-19-6-7-22-21(13-19)20(14-26-22)5-4-8-29-9-11-30(12-10-29)24-23(33-3)15-25-17-27-24/h6-7,13-15,17-18,26,28H,4-5,8-12,16H2,1-3H3. The summed E-state index contributed by atoms with van der Waals surface area (Å²) in [5, 5.41) is 1.11. The van der Waals surface area contributed by atoms with E-state index in [-0.39, 0.29) is 11.8 Å². The number of nitrogens with zero attached hydrogens (tertiary/aromatic N) is 4. The summed E-state index contributed by atoms with van der Waals surface area (Å²) in [6, 6.07) is 5.75. The largest absolute Gasteiger partial charge is 0.491 e. The zero-order chi connectivity index (χ0) is 24.1. The number of ether oxygens (including phenoxy) is 1. The summed E-state index contributed by atoms with van der Waals surface area (Å²) in [5.74, 6) is 1.56. The summed E-state index contributed by atoms with van der Waals surface area (Å²) in [4.78, 5) is 16.5. The van der Waals surface area contributed by atoms with Gasteiger partial charge in [0.2, 0.25) is 10.0 Å². The lowest BCUT2D eigenvalue weighted by Gasteiger charge is -2.35. The fourth-order valence-corrected chi connectivity index (χ4v) is 5.93. The van der Waals surface area contributed by atoms with Gasteiger partial charge in [-0.05, 0) is 56.5 Å². The zero-order valence-electron chi connectivity index (χ0n) is 20.1. The van der Waals surface area contributed by atoms with Crippen molar-refractivity contribution in [2.24, 2.45) is 0 Å². The zero-order valence-corrected chi connectivity index (χ0v) is 20.9. The molecule has 0 atom stereocenters. The van der Waals surface area contributed by atoms with E-state index in [1.807, 2.05) is 32.0 Å². The minimum absolute atomic E-state index is 0.00681. The molecule has 34 heavy (non-hydrogen) atoms. The highest BCUT2D eigenvalue weighted by atomic mass is 32.2. The van der Waals surface area contributed by atoms with Gasteiger partial charge in [-0.2, -0.15) is 0 Å². The fourth-order valence-electron chi connectivity index (χ4n) is 4.51. The quantitative estimate of drug-likeness (QED) is 0.454. The van der Waals surface area contributed by atoms with Crippen LogP contribution in [0.2, 0.25) is 0 Å². The third-order valence-corrected chi connectivity index (χ3v) is 7.62. The van der Waals surface area contributed by atoms with Crippen molar-refractivity contribution in [3.63, 3.8) is 0 Å². The second-order valence-electron chi connectivity index (χ2n) is 9.07. The molecule has 9 nitrogen and oxygen atoms in total. The number of aromatic nitrogens is 3. The van der Waals surface area contributed by atoms with Gasteiger partial charge in [-0.1, -0.05) is 6.07 Å². The van der Waals surface area contributed by atoms with Crippen LogP contribution in [0.1, 0.15) is 31.4 Å². The summed E-state index contributed by atoms with van der Waals surface area (Å²) in [6.07, 6.45) is 7.31. The van der Waals surface area contributed by atoms with Crippen molar-refractivity contribution < 1.29 is 13.2 Å². The molecule has 0 bridgehead atoms. The van der Waals surface area contributed by atoms with Crippen LogP contribution in [-0.2, 0) is 22.2 Å². The van der Waals surface area contributed by atoms with Gasteiger partial charge in [-0.3, -0.25) is 4.90 Å². The molecular weight excluding hydrogens is 452 g/mol. The number of hydrogen-bond acceptors (Lipinski definition) is 7. The summed E-state index contributed by atoms with van der Waals surface area (Å²) >= 11 is 0. The maximum Gasteiger partial charge on any atom is 0.216 e. The molecule has 1 aliphatic heterocycles. The second-order valence-corrected chi connectivity index (χ2v) is 10.8. The van der Waals surface area contributed by atoms with Crippen molar-refractivity contribution in [1.29, 1.82) is 0 Å². The van der Waals surface area contributed by atoms with Crippen molar-refractivity contribution in [3.8, 4) is 5.75 Å². The van der Waals surface area contributed by atoms with Crippen LogP contribution in [0.15, 0.2) is 36.9 Å². The van der Waals surface area contributed by atoms with Crippen molar-refractivity contribution in [2.75, 3.05) is 44.7 Å². The molecule has 0 aliphatic carbocycles. The normalized spacial score (nSPS) is 15.4. The minimum atomic E-state index is -3.35. The third kappa shape index (κ3) is 6.05. The van der Waals surface area contributed by atoms with E-state index >= 15 is 0 Å². The predicted molar refractivity (Wildman–Crippen MR) is 135 cm³/mol. The van der Waals surface area contributed by atoms with Crippen LogP contribution in [-0.4, -0.2) is 74.1 Å². The van der Waals surface area contributed by atoms with Crippen molar-refractivity contribution in [3.05, 3.63) is 48.0 Å². The number of aryl methyl sites for hydroxylation is 1. The molecule has 1 aliphatic rings. The topological polar surface area (TPSA) is 103 Å². The molecule has 184 valence electrons. The Morgan fingerprint density at radius 1 is 1.21 bits per heavy atom. The van der Waals surface area contributed by atoms with E-state index in [4.69, 9.17) is 4.74 Å². The maximum atomic E-state index is 12.3. The summed E-state index contributed by atoms with van der Waals surface area (Å²) in [5.41, 5.74) is 3.08. The van der Waals surface area contributed by atoms with Crippen molar-refractivity contribution >= 4 is 26.7 Å². The van der Waals surface area contributed by atoms with Crippen LogP contribution in [0, 0.1) is 0 Å². The van der Waals surface area contributed by atoms with E-state index in [9.17, 15) is 8.42 Å². The highest BCUT2D eigenvalue weighted by Gasteiger charge is 2.21. The van der Waals surface area contributed by atoms with Crippen LogP contribution in [0.25, 0.3) is 10.9 Å². The molecule has 3 aromatic rings. The minimum Gasteiger partial charge on any atom is -0.491 e. The first-order valence-corrected chi connectivity index (χ1v) is 13.4. The average Bonchev–Trinajstić information content (AvgIpc) is 3.20. The number of methoxy groups -OCH3 is 1. The van der Waals surface area contributed by atoms with E-state index in [1.54, 1.807) is 19.6 Å². The molecule has 3 heterocycles. The first-order valence-electron chi connectivity index (χ1n) is 11.7. The predicted octanol–water partition coefficient (Wildman–Crippen LogP) is 2.55. The van der Waals surface area contributed by atoms with Crippen LogP contribution in [0.5, 0.6) is 5.75 Å². The van der Waals surface area contributed by atoms with Gasteiger partial charge >= 0.3 is 0 Å². The van der Waals surface area contributed by atoms with E-state index in [2.05, 4.69) is 35.7 Å². The average molecular weight is 487 g/mol. The third-order valence-electron chi connectivity index (χ3n) is 6.07. The summed E-state index contributed by atoms with van der Waals surface area (Å²) in [6.45, 7) is 8.45. The Morgan fingerprint density at radius 3 is 2.74 bits per heavy atom. The van der Waals surface area contributed by atoms with Gasteiger partial charge in [-0.15, -0.1) is 0 Å². The second kappa shape index (κ2) is 10.7. The first-order chi connectivity index (χ1) is 16.3. The lowest BCUT2D eigenvalue weighted by molar-refractivity contribution is 0.253. The van der Waals surface area contributed by atoms with Gasteiger partial charge in [0.05, 0.1) is 19.1 Å². The van der Waals surface area contributed by atoms with Crippen LogP contribution in [0.3, 0.4) is 0 Å². The number of fused-ring (bicyclic) bond motifs is 1. The lowest BCUT2D eigenvalue weighted by Crippen LogP contribution is -2.47. The number of nitrogens with one attached hydrogen (secondary N) is 2. The molecule has 1 aromatic carbocycles. The molecule has 0 unspecified atom stereocenters. The van der Waals surface area contributed by atoms with Crippen LogP contribution >= 0.6 is 0 Å². The first kappa shape index (κ1) is 24.4. The molecule has 2 N–H and O–H groups in total. The molecule has 0 amide bonds. The summed E-state index contributed by atoms with van der Waals surface area (Å²) < 4.78 is 32.7. The molecule has 1 saturated heterocycles. The van der Waals surface area contributed by atoms with Crippen LogP contribution in [0.4, 0.5) is 5.82 Å². The SMILES string of the molecule is COc1cncnc1N1CCN(CCCc2c[nH]c3ccc(CS(=O)(=O)NC(C)C)cc23)CC1. The number of anilines is 1. The number of sulfonamides is 1. The Morgan fingerprint density at radius 2 is 2.00 bits per heavy atom. The smallest absolute Gasteiger partial charge is 0.216 e. The van der Waals surface area contributed by atoms with Crippen molar-refractivity contribution in [2.45, 2.75) is 38.5 Å². The van der Waals surface area contributed by atoms with E-state index in [0.29, 0.717) is 5.75 Å². The van der Waals surface area contributed by atoms with E-state index < -0.39 is 10.0 Å². The highest BCUT2D eigenvalue weighted by molar-refractivity contribution is 7.88. The number of rotatable bonds is 10. The number of benzene rings is 1. The molecule has 1 fully saturated rings. The van der Waals surface area contributed by atoms with Gasteiger partial charge in [0.15, 0.2) is 11.6 Å². The number of hydrogen-bond donors (Lipinski definition) is 2. The Labute approximate surface area is 201 Å². The number of H-pyrrole nitrogens is 1. The lowest BCUT2D eigenvalue weighted by atomic mass is 10.1. The fraction of sp³-hybridized carbons (Fsp3) is 0.500. The number of aromatic amines is 1. The molecule has 4 rings (SSSR count). The Kier molecular flexibility index (Phi) is 7.70. The van der Waals surface area contributed by atoms with Gasteiger partial charge in [-0.25, -0.2) is 23.1 Å². The summed E-state index contributed by atoms with van der Waals surface area (Å²) in [7, 11) is -1.70. The Balaban J connectivity index is 1.31. The molecule has 0 spiro atoms. The molecular formula is C24H34N6O3S. The molecule has 2 aromatic heterocycles. The van der Waals surface area contributed by atoms with Crippen LogP contribution < -0.4 is 14.4 Å². The van der Waals surface area contributed by atoms with Gasteiger partial charge in [0.25, 0.3) is 0 Å². The maximum absolute atomic E-state index is 12.3. The number of piperazine rings is 1. The van der Waals surface area contributed by atoms with Gasteiger partial charge < -0.3 is 14.6 Å². The molecule has 0 saturated carbocycles. The van der Waals surface area contributed by atoms with E-state index in [1.165, 1.54) is 5.56 Å². The molecule has 0 radical (unpaired) electrons.